The van der Waals surface area contributed by atoms with Crippen LogP contribution in [-0.2, 0) is 19.1 Å². The molecule has 0 spiro atoms. The molecule has 0 saturated heterocycles. The zero-order chi connectivity index (χ0) is 27.8. The number of carbonyl (C=O) groups is 3. The number of carbonyl (C=O) groups excluding carboxylic acids is 3. The Morgan fingerprint density at radius 2 is 1.72 bits per heavy atom. The number of anilines is 2. The van der Waals surface area contributed by atoms with E-state index in [0.29, 0.717) is 27.9 Å². The van der Waals surface area contributed by atoms with Gasteiger partial charge in [-0.2, -0.15) is 5.26 Å². The van der Waals surface area contributed by atoms with Crippen LogP contribution in [0.3, 0.4) is 0 Å². The summed E-state index contributed by atoms with van der Waals surface area (Å²) in [6.45, 7) is 3.29. The van der Waals surface area contributed by atoms with Gasteiger partial charge >= 0.3 is 5.97 Å². The predicted octanol–water partition coefficient (Wildman–Crippen LogP) is 5.01. The molecule has 0 fully saturated rings. The van der Waals surface area contributed by atoms with E-state index < -0.39 is 11.9 Å². The Hall–Kier alpha value is -4.75. The van der Waals surface area contributed by atoms with Crippen molar-refractivity contribution in [1.82, 2.24) is 5.32 Å². The lowest BCUT2D eigenvalue weighted by Crippen LogP contribution is -2.29. The molecule has 1 unspecified atom stereocenters. The number of nitrogens with one attached hydrogen (secondary N) is 3. The highest BCUT2D eigenvalue weighted by atomic mass is 32.2. The lowest BCUT2D eigenvalue weighted by Gasteiger charge is -2.29. The second kappa shape index (κ2) is 12.7. The van der Waals surface area contributed by atoms with E-state index in [0.717, 1.165) is 17.3 Å². The molecule has 0 bridgehead atoms. The Morgan fingerprint density at radius 3 is 2.31 bits per heavy atom. The number of benzene rings is 2. The fourth-order valence-electron chi connectivity index (χ4n) is 4.07. The van der Waals surface area contributed by atoms with Gasteiger partial charge in [-0.25, -0.2) is 4.79 Å². The van der Waals surface area contributed by atoms with Crippen LogP contribution < -0.4 is 16.0 Å². The van der Waals surface area contributed by atoms with Gasteiger partial charge in [-0.3, -0.25) is 9.59 Å². The van der Waals surface area contributed by atoms with Crippen molar-refractivity contribution in [3.63, 3.8) is 0 Å². The van der Waals surface area contributed by atoms with Crippen LogP contribution in [0.2, 0.25) is 0 Å². The summed E-state index contributed by atoms with van der Waals surface area (Å²) >= 11 is 1.14. The highest BCUT2D eigenvalue weighted by molar-refractivity contribution is 8.03. The largest absolute Gasteiger partial charge is 0.468 e. The third-order valence-electron chi connectivity index (χ3n) is 5.67. The first-order valence-electron chi connectivity index (χ1n) is 12.1. The molecule has 10 heteroatoms. The van der Waals surface area contributed by atoms with Crippen LogP contribution >= 0.6 is 11.8 Å². The maximum absolute atomic E-state index is 13.2. The molecule has 0 saturated carbocycles. The number of nitrogens with zero attached hydrogens (tertiary/aromatic N) is 1. The van der Waals surface area contributed by atoms with Crippen LogP contribution in [0.15, 0.2) is 93.6 Å². The number of amides is 2. The third kappa shape index (κ3) is 6.58. The minimum atomic E-state index is -0.826. The van der Waals surface area contributed by atoms with Gasteiger partial charge in [0.15, 0.2) is 0 Å². The number of esters is 1. The van der Waals surface area contributed by atoms with Crippen molar-refractivity contribution in [1.29, 1.82) is 5.26 Å². The summed E-state index contributed by atoms with van der Waals surface area (Å²) in [5.74, 6) is -1.48. The lowest BCUT2D eigenvalue weighted by atomic mass is 9.84. The normalized spacial score (nSPS) is 14.7. The van der Waals surface area contributed by atoms with Crippen LogP contribution in [0.25, 0.3) is 5.70 Å². The number of dihydropyridines is 1. The SMILES string of the molecule is CCOC(=O)C1=C(c2ccccc2)NC(SCC(=O)Nc2ccc(NC(C)=O)cc2)=C(C#N)C1c1ccco1. The van der Waals surface area contributed by atoms with E-state index in [4.69, 9.17) is 9.15 Å². The monoisotopic (exact) mass is 542 g/mol. The van der Waals surface area contributed by atoms with Crippen molar-refractivity contribution in [3.05, 3.63) is 100 Å². The van der Waals surface area contributed by atoms with Gasteiger partial charge in [-0.1, -0.05) is 42.1 Å². The van der Waals surface area contributed by atoms with E-state index in [9.17, 15) is 19.6 Å². The molecule has 3 N–H and O–H groups in total. The van der Waals surface area contributed by atoms with Gasteiger partial charge in [-0.05, 0) is 48.9 Å². The number of furan rings is 1. The Kier molecular flexibility index (Phi) is 8.86. The number of nitriles is 1. The van der Waals surface area contributed by atoms with Crippen molar-refractivity contribution in [2.24, 2.45) is 0 Å². The zero-order valence-corrected chi connectivity index (χ0v) is 22.1. The molecule has 9 nitrogen and oxygen atoms in total. The quantitative estimate of drug-likeness (QED) is 0.322. The summed E-state index contributed by atoms with van der Waals surface area (Å²) in [5, 5.41) is 19.3. The van der Waals surface area contributed by atoms with Crippen LogP contribution in [0.5, 0.6) is 0 Å². The Bertz CT molecular complexity index is 1460. The van der Waals surface area contributed by atoms with Crippen LogP contribution in [0, 0.1) is 11.3 Å². The number of rotatable bonds is 9. The first kappa shape index (κ1) is 27.3. The average Bonchev–Trinajstić information content (AvgIpc) is 3.47. The Labute approximate surface area is 229 Å². The van der Waals surface area contributed by atoms with Crippen molar-refractivity contribution in [3.8, 4) is 6.07 Å². The number of hydrogen-bond donors (Lipinski definition) is 3. The van der Waals surface area contributed by atoms with Crippen molar-refractivity contribution >= 4 is 46.6 Å². The zero-order valence-electron chi connectivity index (χ0n) is 21.3. The number of ether oxygens (including phenoxy) is 1. The highest BCUT2D eigenvalue weighted by Crippen LogP contribution is 2.43. The van der Waals surface area contributed by atoms with E-state index in [1.807, 2.05) is 30.3 Å². The summed E-state index contributed by atoms with van der Waals surface area (Å²) in [4.78, 5) is 37.2. The van der Waals surface area contributed by atoms with Crippen LogP contribution in [0.4, 0.5) is 11.4 Å². The van der Waals surface area contributed by atoms with Gasteiger partial charge in [0, 0.05) is 18.3 Å². The molecule has 2 aromatic carbocycles. The van der Waals surface area contributed by atoms with E-state index in [1.54, 1.807) is 43.3 Å². The standard InChI is InChI=1S/C29H26N4O5S/c1-3-37-29(36)26-25(23-10-7-15-38-23)22(16-30)28(33-27(26)19-8-5-4-6-9-19)39-17-24(35)32-21-13-11-20(12-14-21)31-18(2)34/h4-15,25,33H,3,17H2,1-2H3,(H,31,34)(H,32,35). The molecule has 0 radical (unpaired) electrons. The Morgan fingerprint density at radius 1 is 1.03 bits per heavy atom. The Balaban J connectivity index is 1.63. The first-order valence-corrected chi connectivity index (χ1v) is 13.1. The molecule has 198 valence electrons. The molecule has 4 rings (SSSR count). The summed E-state index contributed by atoms with van der Waals surface area (Å²) in [7, 11) is 0. The third-order valence-corrected chi connectivity index (χ3v) is 6.69. The molecule has 2 heterocycles. The minimum Gasteiger partial charge on any atom is -0.468 e. The fraction of sp³-hybridized carbons (Fsp3) is 0.172. The van der Waals surface area contributed by atoms with E-state index >= 15 is 0 Å². The minimum absolute atomic E-state index is 0.0113. The maximum Gasteiger partial charge on any atom is 0.337 e. The van der Waals surface area contributed by atoms with E-state index in [-0.39, 0.29) is 35.3 Å². The molecule has 3 aromatic rings. The molecule has 2 amide bonds. The maximum atomic E-state index is 13.2. The van der Waals surface area contributed by atoms with Gasteiger partial charge in [0.25, 0.3) is 0 Å². The van der Waals surface area contributed by atoms with Gasteiger partial charge in [0.2, 0.25) is 11.8 Å². The van der Waals surface area contributed by atoms with E-state index in [2.05, 4.69) is 22.0 Å². The van der Waals surface area contributed by atoms with Gasteiger partial charge in [0.1, 0.15) is 5.76 Å². The molecule has 39 heavy (non-hydrogen) atoms. The predicted molar refractivity (Wildman–Crippen MR) is 149 cm³/mol. The summed E-state index contributed by atoms with van der Waals surface area (Å²) in [6, 6.07) is 21.6. The van der Waals surface area contributed by atoms with Gasteiger partial charge in [-0.15, -0.1) is 0 Å². The number of thioether (sulfide) groups is 1. The molecular weight excluding hydrogens is 516 g/mol. The second-order valence-corrected chi connectivity index (χ2v) is 9.38. The van der Waals surface area contributed by atoms with Crippen LogP contribution in [0.1, 0.15) is 31.1 Å². The number of hydrogen-bond acceptors (Lipinski definition) is 8. The van der Waals surface area contributed by atoms with Crippen molar-refractivity contribution < 1.29 is 23.5 Å². The topological polar surface area (TPSA) is 133 Å². The highest BCUT2D eigenvalue weighted by Gasteiger charge is 2.38. The molecule has 0 aliphatic carbocycles. The van der Waals surface area contributed by atoms with Crippen LogP contribution in [-0.4, -0.2) is 30.1 Å². The average molecular weight is 543 g/mol. The fourth-order valence-corrected chi connectivity index (χ4v) is 4.91. The molecule has 1 aliphatic rings. The second-order valence-electron chi connectivity index (χ2n) is 8.40. The molecule has 1 aliphatic heterocycles. The van der Waals surface area contributed by atoms with E-state index in [1.165, 1.54) is 13.2 Å². The summed E-state index contributed by atoms with van der Waals surface area (Å²) < 4.78 is 11.0. The summed E-state index contributed by atoms with van der Waals surface area (Å²) in [5.41, 5.74) is 2.87. The lowest BCUT2D eigenvalue weighted by molar-refractivity contribution is -0.138. The van der Waals surface area contributed by atoms with Crippen molar-refractivity contribution in [2.45, 2.75) is 19.8 Å². The molecular formula is C29H26N4O5S. The summed E-state index contributed by atoms with van der Waals surface area (Å²) in [6.07, 6.45) is 1.48. The van der Waals surface area contributed by atoms with Crippen molar-refractivity contribution in [2.75, 3.05) is 23.0 Å². The van der Waals surface area contributed by atoms with Gasteiger partial charge in [0.05, 0.1) is 52.5 Å². The van der Waals surface area contributed by atoms with Gasteiger partial charge < -0.3 is 25.1 Å². The smallest absolute Gasteiger partial charge is 0.337 e. The number of allylic oxidation sites excluding steroid dienone is 1. The molecule has 1 aromatic heterocycles. The first-order chi connectivity index (χ1) is 18.9. The molecule has 1 atom stereocenters.